The van der Waals surface area contributed by atoms with Gasteiger partial charge in [0.05, 0.1) is 25.4 Å². The number of benzene rings is 1. The Hall–Kier alpha value is -1.58. The molecular formula is C20H25N2O+. The number of piperidine rings is 3. The number of fused-ring (bicyclic) bond motifs is 4. The lowest BCUT2D eigenvalue weighted by molar-refractivity contribution is -0.978. The highest BCUT2D eigenvalue weighted by molar-refractivity contribution is 5.85. The van der Waals surface area contributed by atoms with E-state index in [1.54, 1.807) is 5.57 Å². The van der Waals surface area contributed by atoms with Gasteiger partial charge in [0.25, 0.3) is 0 Å². The Kier molecular flexibility index (Phi) is 2.70. The average molecular weight is 309 g/mol. The molecule has 6 rings (SSSR count). The summed E-state index contributed by atoms with van der Waals surface area (Å²) >= 11 is 0. The molecule has 5 atom stereocenters. The predicted octanol–water partition coefficient (Wildman–Crippen LogP) is 3.17. The summed E-state index contributed by atoms with van der Waals surface area (Å²) in [6, 6.07) is 9.84. The number of hydrogen-bond donors (Lipinski definition) is 2. The molecule has 0 saturated carbocycles. The molecule has 4 aliphatic rings. The van der Waals surface area contributed by atoms with Crippen LogP contribution in [-0.4, -0.2) is 40.8 Å². The summed E-state index contributed by atoms with van der Waals surface area (Å²) < 4.78 is 1.08. The molecule has 0 spiro atoms. The summed E-state index contributed by atoms with van der Waals surface area (Å²) in [5.41, 5.74) is 5.84. The summed E-state index contributed by atoms with van der Waals surface area (Å²) in [6.45, 7) is 3.65. The van der Waals surface area contributed by atoms with Crippen molar-refractivity contribution in [2.75, 3.05) is 20.2 Å². The molecule has 4 aliphatic heterocycles. The van der Waals surface area contributed by atoms with Gasteiger partial charge in [-0.1, -0.05) is 24.3 Å². The predicted molar refractivity (Wildman–Crippen MR) is 92.0 cm³/mol. The van der Waals surface area contributed by atoms with E-state index in [1.807, 2.05) is 0 Å². The van der Waals surface area contributed by atoms with Crippen LogP contribution in [0.1, 0.15) is 30.6 Å². The first-order chi connectivity index (χ1) is 11.2. The Balaban J connectivity index is 1.73. The third-order valence-corrected chi connectivity index (χ3v) is 7.13. The van der Waals surface area contributed by atoms with Crippen LogP contribution in [0.2, 0.25) is 0 Å². The summed E-state index contributed by atoms with van der Waals surface area (Å²) in [7, 11) is 2.42. The van der Waals surface area contributed by atoms with Gasteiger partial charge in [0, 0.05) is 35.6 Å². The number of aromatic amines is 1. The van der Waals surface area contributed by atoms with Crippen molar-refractivity contribution in [3.63, 3.8) is 0 Å². The lowest BCUT2D eigenvalue weighted by Gasteiger charge is -2.62. The summed E-state index contributed by atoms with van der Waals surface area (Å²) in [5, 5.41) is 11.5. The van der Waals surface area contributed by atoms with E-state index in [4.69, 9.17) is 0 Å². The SMILES string of the molecule is CC=C1C[N+]2(C)C3CC1C(CO)C2Cc1c3[nH]c2ccccc12. The molecule has 1 aromatic carbocycles. The number of H-pyrrole nitrogens is 1. The topological polar surface area (TPSA) is 36.0 Å². The number of nitrogens with one attached hydrogen (secondary N) is 1. The molecule has 5 unspecified atom stereocenters. The van der Waals surface area contributed by atoms with Crippen LogP contribution < -0.4 is 0 Å². The minimum Gasteiger partial charge on any atom is -0.396 e. The van der Waals surface area contributed by atoms with Gasteiger partial charge < -0.3 is 14.6 Å². The Labute approximate surface area is 137 Å². The fourth-order valence-corrected chi connectivity index (χ4v) is 6.02. The zero-order chi connectivity index (χ0) is 15.8. The van der Waals surface area contributed by atoms with Crippen molar-refractivity contribution >= 4 is 10.9 Å². The fraction of sp³-hybridized carbons (Fsp3) is 0.500. The fourth-order valence-electron chi connectivity index (χ4n) is 6.02. The minimum absolute atomic E-state index is 0.324. The number of aliphatic hydroxyl groups is 1. The molecule has 23 heavy (non-hydrogen) atoms. The summed E-state index contributed by atoms with van der Waals surface area (Å²) in [6.07, 6.45) is 4.59. The first-order valence-corrected chi connectivity index (χ1v) is 8.87. The van der Waals surface area contributed by atoms with E-state index < -0.39 is 0 Å². The number of aliphatic hydroxyl groups excluding tert-OH is 1. The van der Waals surface area contributed by atoms with Crippen molar-refractivity contribution in [2.45, 2.75) is 31.8 Å². The van der Waals surface area contributed by atoms with Gasteiger partial charge in [-0.05, 0) is 24.1 Å². The normalized spacial score (nSPS) is 39.9. The Morgan fingerprint density at radius 1 is 1.35 bits per heavy atom. The van der Waals surface area contributed by atoms with E-state index in [9.17, 15) is 5.11 Å². The third-order valence-electron chi connectivity index (χ3n) is 7.13. The van der Waals surface area contributed by atoms with Crippen molar-refractivity contribution in [2.24, 2.45) is 11.8 Å². The van der Waals surface area contributed by atoms with Crippen LogP contribution in [0.3, 0.4) is 0 Å². The molecular weight excluding hydrogens is 284 g/mol. The van der Waals surface area contributed by atoms with Gasteiger partial charge in [-0.3, -0.25) is 0 Å². The molecule has 3 nitrogen and oxygen atoms in total. The van der Waals surface area contributed by atoms with Crippen LogP contribution in [-0.2, 0) is 6.42 Å². The van der Waals surface area contributed by atoms with Gasteiger partial charge in [-0.2, -0.15) is 0 Å². The quantitative estimate of drug-likeness (QED) is 0.616. The highest BCUT2D eigenvalue weighted by atomic mass is 16.3. The first-order valence-electron chi connectivity index (χ1n) is 8.87. The number of aromatic nitrogens is 1. The van der Waals surface area contributed by atoms with Crippen LogP contribution in [0.5, 0.6) is 0 Å². The van der Waals surface area contributed by atoms with Gasteiger partial charge in [-0.25, -0.2) is 0 Å². The zero-order valence-electron chi connectivity index (χ0n) is 13.9. The number of quaternary nitrogens is 1. The average Bonchev–Trinajstić information content (AvgIpc) is 2.92. The molecule has 3 fully saturated rings. The first kappa shape index (κ1) is 13.8. The molecule has 3 saturated heterocycles. The standard InChI is InChI=1S/C20H25N2O/c1-3-12-10-22(2)18-9-15-13-6-4-5-7-17(13)21-20(15)19(22)8-14(12)16(18)11-23/h3-7,14,16,18-19,21,23H,8-11H2,1-2H3/q+1. The number of allylic oxidation sites excluding steroid dienone is 1. The lowest BCUT2D eigenvalue weighted by Crippen LogP contribution is -2.70. The Bertz CT molecular complexity index is 820. The smallest absolute Gasteiger partial charge is 0.131 e. The van der Waals surface area contributed by atoms with Gasteiger partial charge in [-0.15, -0.1) is 0 Å². The second kappa shape index (κ2) is 4.49. The minimum atomic E-state index is 0.324. The van der Waals surface area contributed by atoms with Crippen molar-refractivity contribution in [1.82, 2.24) is 4.98 Å². The maximum absolute atomic E-state index is 10.1. The molecule has 1 aromatic heterocycles. The molecule has 5 heterocycles. The highest BCUT2D eigenvalue weighted by Gasteiger charge is 2.61. The molecule has 3 heteroatoms. The van der Waals surface area contributed by atoms with Crippen molar-refractivity contribution in [1.29, 1.82) is 0 Å². The third kappa shape index (κ3) is 1.57. The monoisotopic (exact) mass is 309 g/mol. The Morgan fingerprint density at radius 2 is 2.17 bits per heavy atom. The molecule has 2 N–H and O–H groups in total. The van der Waals surface area contributed by atoms with Crippen LogP contribution >= 0.6 is 0 Å². The lowest BCUT2D eigenvalue weighted by atomic mass is 9.62. The molecule has 120 valence electrons. The number of rotatable bonds is 1. The van der Waals surface area contributed by atoms with Crippen LogP contribution in [0.4, 0.5) is 0 Å². The van der Waals surface area contributed by atoms with E-state index in [-0.39, 0.29) is 0 Å². The van der Waals surface area contributed by atoms with E-state index in [2.05, 4.69) is 49.3 Å². The number of hydrogen-bond acceptors (Lipinski definition) is 1. The van der Waals surface area contributed by atoms with Crippen molar-refractivity contribution < 1.29 is 9.59 Å². The molecule has 4 bridgehead atoms. The maximum atomic E-state index is 10.1. The highest BCUT2D eigenvalue weighted by Crippen LogP contribution is 2.57. The summed E-state index contributed by atoms with van der Waals surface area (Å²) in [4.78, 5) is 3.75. The molecule has 0 amide bonds. The number of likely N-dealkylation sites (N-methyl/N-ethyl adjacent to an activating group) is 1. The number of para-hydroxylation sites is 1. The van der Waals surface area contributed by atoms with Crippen LogP contribution in [0.25, 0.3) is 10.9 Å². The maximum Gasteiger partial charge on any atom is 0.131 e. The van der Waals surface area contributed by atoms with Gasteiger partial charge in [0.15, 0.2) is 0 Å². The van der Waals surface area contributed by atoms with Crippen LogP contribution in [0, 0.1) is 11.8 Å². The van der Waals surface area contributed by atoms with Gasteiger partial charge in [0.2, 0.25) is 0 Å². The van der Waals surface area contributed by atoms with Gasteiger partial charge in [0.1, 0.15) is 12.6 Å². The zero-order valence-corrected chi connectivity index (χ0v) is 13.9. The Morgan fingerprint density at radius 3 is 2.96 bits per heavy atom. The summed E-state index contributed by atoms with van der Waals surface area (Å²) in [5.74, 6) is 0.984. The van der Waals surface area contributed by atoms with E-state index in [0.29, 0.717) is 30.5 Å². The second-order valence-corrected chi connectivity index (χ2v) is 7.91. The van der Waals surface area contributed by atoms with Crippen molar-refractivity contribution in [3.8, 4) is 0 Å². The van der Waals surface area contributed by atoms with Crippen molar-refractivity contribution in [3.05, 3.63) is 47.2 Å². The van der Waals surface area contributed by atoms with E-state index in [0.717, 1.165) is 17.4 Å². The van der Waals surface area contributed by atoms with Gasteiger partial charge >= 0.3 is 0 Å². The largest absolute Gasteiger partial charge is 0.396 e. The van der Waals surface area contributed by atoms with Crippen LogP contribution in [0.15, 0.2) is 35.9 Å². The van der Waals surface area contributed by atoms with E-state index in [1.165, 1.54) is 28.6 Å². The number of nitrogens with zero attached hydrogens (tertiary/aromatic N) is 1. The van der Waals surface area contributed by atoms with E-state index >= 15 is 0 Å². The molecule has 0 radical (unpaired) electrons. The second-order valence-electron chi connectivity index (χ2n) is 7.91. The molecule has 2 aromatic rings. The molecule has 0 aliphatic carbocycles.